The van der Waals surface area contributed by atoms with Crippen LogP contribution in [-0.2, 0) is 11.8 Å². The van der Waals surface area contributed by atoms with Gasteiger partial charge in [-0.25, -0.2) is 14.4 Å². The van der Waals surface area contributed by atoms with Crippen molar-refractivity contribution in [3.05, 3.63) is 40.8 Å². The van der Waals surface area contributed by atoms with Gasteiger partial charge in [-0.15, -0.1) is 0 Å². The molecule has 0 radical (unpaired) electrons. The van der Waals surface area contributed by atoms with Crippen molar-refractivity contribution in [3.8, 4) is 0 Å². The molecule has 1 N–H and O–H groups in total. The third-order valence-electron chi connectivity index (χ3n) is 7.66. The Balaban J connectivity index is 1.24. The van der Waals surface area contributed by atoms with E-state index in [9.17, 15) is 0 Å². The van der Waals surface area contributed by atoms with E-state index in [2.05, 4.69) is 27.2 Å². The van der Waals surface area contributed by atoms with Crippen molar-refractivity contribution in [2.75, 3.05) is 31.6 Å². The third kappa shape index (κ3) is 4.06. The second kappa shape index (κ2) is 8.73. The van der Waals surface area contributed by atoms with Crippen molar-refractivity contribution >= 4 is 34.1 Å². The number of aryl methyl sites for hydroxylation is 1. The van der Waals surface area contributed by atoms with Crippen LogP contribution in [0.3, 0.4) is 0 Å². The molecule has 0 amide bonds. The van der Waals surface area contributed by atoms with E-state index in [0.29, 0.717) is 42.0 Å². The van der Waals surface area contributed by atoms with Crippen LogP contribution in [0.5, 0.6) is 0 Å². The molecule has 2 aromatic heterocycles. The lowest BCUT2D eigenvalue weighted by Crippen LogP contribution is -2.48. The van der Waals surface area contributed by atoms with Gasteiger partial charge >= 0.3 is 0 Å². The molecule has 1 aliphatic carbocycles. The van der Waals surface area contributed by atoms with Gasteiger partial charge < -0.3 is 10.1 Å². The second-order valence-electron chi connectivity index (χ2n) is 10.1. The summed E-state index contributed by atoms with van der Waals surface area (Å²) in [4.78, 5) is 11.5. The number of benzene rings is 1. The summed E-state index contributed by atoms with van der Waals surface area (Å²) in [6.45, 7) is 4.90. The number of hydrogen-bond donors (Lipinski definition) is 1. The molecule has 4 heterocycles. The van der Waals surface area contributed by atoms with Crippen LogP contribution in [0.15, 0.2) is 24.5 Å². The number of nitrogens with zero attached hydrogens (tertiary/aromatic N) is 5. The fourth-order valence-corrected chi connectivity index (χ4v) is 5.92. The Bertz CT molecular complexity index is 1210. The Morgan fingerprint density at radius 3 is 2.76 bits per heavy atom. The number of fused-ring (bicyclic) bond motifs is 1. The summed E-state index contributed by atoms with van der Waals surface area (Å²) in [6, 6.07) is 4.12. The Kier molecular flexibility index (Phi) is 5.70. The molecule has 1 saturated carbocycles. The molecule has 2 aliphatic heterocycles. The predicted octanol–water partition coefficient (Wildman–Crippen LogP) is 4.80. The molecule has 34 heavy (non-hydrogen) atoms. The zero-order valence-electron chi connectivity index (χ0n) is 19.5. The monoisotopic (exact) mass is 484 g/mol. The van der Waals surface area contributed by atoms with Crippen LogP contribution in [-0.4, -0.2) is 63.2 Å². The van der Waals surface area contributed by atoms with Crippen molar-refractivity contribution < 1.29 is 9.13 Å². The van der Waals surface area contributed by atoms with Crippen molar-refractivity contribution in [2.45, 2.75) is 50.2 Å². The Morgan fingerprint density at radius 1 is 1.18 bits per heavy atom. The van der Waals surface area contributed by atoms with Crippen LogP contribution in [0.1, 0.15) is 49.3 Å². The quantitative estimate of drug-likeness (QED) is 0.561. The van der Waals surface area contributed by atoms with E-state index in [1.165, 1.54) is 18.5 Å². The average Bonchev–Trinajstić information content (AvgIpc) is 3.45. The van der Waals surface area contributed by atoms with E-state index in [0.717, 1.165) is 41.7 Å². The second-order valence-corrected chi connectivity index (χ2v) is 10.5. The topological polar surface area (TPSA) is 68.1 Å². The average molecular weight is 485 g/mol. The van der Waals surface area contributed by atoms with E-state index in [1.54, 1.807) is 6.20 Å². The number of halogens is 2. The molecule has 180 valence electrons. The number of likely N-dealkylation sites (tertiary alicyclic amines) is 1. The van der Waals surface area contributed by atoms with Crippen LogP contribution in [0.25, 0.3) is 10.9 Å². The maximum atomic E-state index is 15.4. The zero-order valence-corrected chi connectivity index (χ0v) is 20.3. The standard InChI is InChI=1S/C25H30ClFN6O/c1-14-12-34-13-23(14)33-6-5-17(20(27)11-33)18-8-21-16(7-19(18)26)9-28-25(30-21)31-22-10-29-32(2)24(22)15-3-4-15/h7-10,14-15,17,20,23H,3-6,11-13H2,1-2H3,(H,28,30,31)/t14-,17-,20+,23+/m1/s1. The fraction of sp³-hybridized carbons (Fsp3) is 0.560. The SMILES string of the molecule is C[C@@H]1COC[C@@H]1N1CC[C@H](c2cc3nc(Nc4cnn(C)c4C4CC4)ncc3cc2Cl)[C@@H](F)C1. The van der Waals surface area contributed by atoms with Gasteiger partial charge in [-0.05, 0) is 49.4 Å². The Labute approximate surface area is 203 Å². The highest BCUT2D eigenvalue weighted by Crippen LogP contribution is 2.43. The zero-order chi connectivity index (χ0) is 23.4. The molecule has 3 fully saturated rings. The number of ether oxygens (including phenoxy) is 1. The summed E-state index contributed by atoms with van der Waals surface area (Å²) in [5.74, 6) is 1.26. The van der Waals surface area contributed by atoms with E-state index < -0.39 is 6.17 Å². The van der Waals surface area contributed by atoms with Crippen molar-refractivity contribution in [2.24, 2.45) is 13.0 Å². The van der Waals surface area contributed by atoms with E-state index in [4.69, 9.17) is 21.3 Å². The highest BCUT2D eigenvalue weighted by atomic mass is 35.5. The Morgan fingerprint density at radius 2 is 2.03 bits per heavy atom. The van der Waals surface area contributed by atoms with E-state index >= 15 is 4.39 Å². The summed E-state index contributed by atoms with van der Waals surface area (Å²) in [7, 11) is 1.97. The highest BCUT2D eigenvalue weighted by molar-refractivity contribution is 6.32. The van der Waals surface area contributed by atoms with Gasteiger partial charge in [0.05, 0.1) is 36.3 Å². The molecule has 6 rings (SSSR count). The van der Waals surface area contributed by atoms with Crippen LogP contribution in [0.4, 0.5) is 16.0 Å². The predicted molar refractivity (Wildman–Crippen MR) is 131 cm³/mol. The number of alkyl halides is 1. The van der Waals surface area contributed by atoms with E-state index in [1.807, 2.05) is 30.1 Å². The number of rotatable bonds is 5. The molecule has 0 spiro atoms. The molecule has 1 aromatic carbocycles. The summed E-state index contributed by atoms with van der Waals surface area (Å²) in [5, 5.41) is 9.16. The minimum Gasteiger partial charge on any atom is -0.379 e. The van der Waals surface area contributed by atoms with Crippen molar-refractivity contribution in [3.63, 3.8) is 0 Å². The third-order valence-corrected chi connectivity index (χ3v) is 7.99. The van der Waals surface area contributed by atoms with Crippen LogP contribution in [0, 0.1) is 5.92 Å². The maximum absolute atomic E-state index is 15.4. The molecule has 7 nitrogen and oxygen atoms in total. The first kappa shape index (κ1) is 22.2. The molecular weight excluding hydrogens is 455 g/mol. The highest BCUT2D eigenvalue weighted by Gasteiger charge is 2.38. The smallest absolute Gasteiger partial charge is 0.227 e. The first-order valence-corrected chi connectivity index (χ1v) is 12.6. The number of nitrogens with one attached hydrogen (secondary N) is 1. The molecule has 9 heteroatoms. The molecule has 0 bridgehead atoms. The van der Waals surface area contributed by atoms with Gasteiger partial charge in [0.2, 0.25) is 5.95 Å². The normalized spacial score (nSPS) is 28.0. The molecule has 3 aromatic rings. The molecular formula is C25H30ClFN6O. The fourth-order valence-electron chi connectivity index (χ4n) is 5.61. The van der Waals surface area contributed by atoms with E-state index in [-0.39, 0.29) is 5.92 Å². The first-order chi connectivity index (χ1) is 16.5. The van der Waals surface area contributed by atoms with Gasteiger partial charge in [-0.2, -0.15) is 5.10 Å². The van der Waals surface area contributed by atoms with Gasteiger partial charge in [0.25, 0.3) is 0 Å². The van der Waals surface area contributed by atoms with Crippen LogP contribution in [0.2, 0.25) is 5.02 Å². The largest absolute Gasteiger partial charge is 0.379 e. The van der Waals surface area contributed by atoms with Crippen molar-refractivity contribution in [1.82, 2.24) is 24.6 Å². The number of anilines is 2. The Hall–Kier alpha value is -2.29. The van der Waals surface area contributed by atoms with Gasteiger partial charge in [0.1, 0.15) is 6.17 Å². The molecule has 3 aliphatic rings. The van der Waals surface area contributed by atoms with Crippen molar-refractivity contribution in [1.29, 1.82) is 0 Å². The lowest BCUT2D eigenvalue weighted by Gasteiger charge is -2.39. The number of aromatic nitrogens is 4. The molecule has 0 unspecified atom stereocenters. The molecule has 2 saturated heterocycles. The van der Waals surface area contributed by atoms with Gasteiger partial charge in [-0.3, -0.25) is 9.58 Å². The van der Waals surface area contributed by atoms with Gasteiger partial charge in [0.15, 0.2) is 0 Å². The number of hydrogen-bond acceptors (Lipinski definition) is 6. The summed E-state index contributed by atoms with van der Waals surface area (Å²) >= 11 is 6.64. The summed E-state index contributed by atoms with van der Waals surface area (Å²) in [6.07, 6.45) is 5.71. The summed E-state index contributed by atoms with van der Waals surface area (Å²) in [5.41, 5.74) is 3.73. The summed E-state index contributed by atoms with van der Waals surface area (Å²) < 4.78 is 23.0. The van der Waals surface area contributed by atoms with Crippen LogP contribution < -0.4 is 5.32 Å². The lowest BCUT2D eigenvalue weighted by molar-refractivity contribution is 0.0659. The lowest BCUT2D eigenvalue weighted by atomic mass is 9.86. The first-order valence-electron chi connectivity index (χ1n) is 12.2. The molecule has 4 atom stereocenters. The van der Waals surface area contributed by atoms with Gasteiger partial charge in [0, 0.05) is 48.1 Å². The van der Waals surface area contributed by atoms with Gasteiger partial charge in [-0.1, -0.05) is 18.5 Å². The minimum absolute atomic E-state index is 0.239. The van der Waals surface area contributed by atoms with Crippen LogP contribution >= 0.6 is 11.6 Å². The maximum Gasteiger partial charge on any atom is 0.227 e. The number of piperidine rings is 1. The minimum atomic E-state index is -0.979.